The lowest BCUT2D eigenvalue weighted by Gasteiger charge is -2.00. The van der Waals surface area contributed by atoms with Gasteiger partial charge in [-0.05, 0) is 24.8 Å². The molecule has 0 saturated carbocycles. The maximum atomic E-state index is 10.9. The highest BCUT2D eigenvalue weighted by Crippen LogP contribution is 2.29. The van der Waals surface area contributed by atoms with Crippen LogP contribution in [0.1, 0.15) is 16.1 Å². The molecule has 0 aliphatic heterocycles. The Bertz CT molecular complexity index is 524. The molecule has 0 fully saturated rings. The summed E-state index contributed by atoms with van der Waals surface area (Å²) in [4.78, 5) is 19.3. The Morgan fingerprint density at radius 2 is 2.38 bits per heavy atom. The first-order valence-corrected chi connectivity index (χ1v) is 5.26. The second-order valence-electron chi connectivity index (χ2n) is 3.03. The van der Waals surface area contributed by atoms with Gasteiger partial charge in [-0.2, -0.15) is 0 Å². The molecule has 2 aromatic rings. The van der Waals surface area contributed by atoms with E-state index < -0.39 is 5.97 Å². The fourth-order valence-corrected chi connectivity index (χ4v) is 1.96. The van der Waals surface area contributed by atoms with Gasteiger partial charge in [0.2, 0.25) is 0 Å². The third-order valence-corrected chi connectivity index (χ3v) is 2.74. The molecule has 5 nitrogen and oxygen atoms in total. The molecule has 2 rings (SSSR count). The third-order valence-electron chi connectivity index (χ3n) is 1.81. The Hall–Kier alpha value is -1.82. The zero-order valence-corrected chi connectivity index (χ0v) is 9.19. The number of carbonyl (C=O) groups is 1. The van der Waals surface area contributed by atoms with Crippen molar-refractivity contribution in [2.45, 2.75) is 17.0 Å². The molecule has 0 aliphatic rings. The number of aryl methyl sites for hydroxylation is 1. The lowest BCUT2D eigenvalue weighted by molar-refractivity contribution is 0.0692. The summed E-state index contributed by atoms with van der Waals surface area (Å²) in [5.41, 5.74) is 0.900. The van der Waals surface area contributed by atoms with Crippen LogP contribution in [0, 0.1) is 6.92 Å². The fourth-order valence-electron chi connectivity index (χ4n) is 1.10. The number of hydrogen-bond acceptors (Lipinski definition) is 5. The lowest BCUT2D eigenvalue weighted by atomic mass is 10.3. The number of rotatable bonds is 3. The largest absolute Gasteiger partial charge is 0.478 e. The van der Waals surface area contributed by atoms with Crippen LogP contribution < -0.4 is 0 Å². The summed E-state index contributed by atoms with van der Waals surface area (Å²) in [6.45, 7) is 1.80. The van der Waals surface area contributed by atoms with Gasteiger partial charge in [0.05, 0.1) is 11.3 Å². The van der Waals surface area contributed by atoms with Gasteiger partial charge in [-0.15, -0.1) is 0 Å². The van der Waals surface area contributed by atoms with Gasteiger partial charge in [0, 0.05) is 17.3 Å². The van der Waals surface area contributed by atoms with Crippen molar-refractivity contribution in [1.29, 1.82) is 0 Å². The predicted octanol–water partition coefficient (Wildman–Crippen LogP) is 2.23. The zero-order chi connectivity index (χ0) is 11.5. The van der Waals surface area contributed by atoms with Gasteiger partial charge in [-0.25, -0.2) is 9.78 Å². The number of aromatic carboxylic acids is 1. The van der Waals surface area contributed by atoms with Crippen LogP contribution in [0.25, 0.3) is 0 Å². The fraction of sp³-hybridized carbons (Fsp3) is 0.100. The van der Waals surface area contributed by atoms with E-state index in [2.05, 4.69) is 9.97 Å². The highest BCUT2D eigenvalue weighted by molar-refractivity contribution is 7.99. The molecule has 1 N–H and O–H groups in total. The molecule has 0 amide bonds. The molecule has 6 heteroatoms. The Balaban J connectivity index is 2.31. The van der Waals surface area contributed by atoms with E-state index in [0.29, 0.717) is 10.1 Å². The van der Waals surface area contributed by atoms with Crippen LogP contribution in [0.3, 0.4) is 0 Å². The van der Waals surface area contributed by atoms with Gasteiger partial charge >= 0.3 is 5.97 Å². The molecule has 0 spiro atoms. The van der Waals surface area contributed by atoms with Crippen LogP contribution in [0.15, 0.2) is 39.3 Å². The van der Waals surface area contributed by atoms with Crippen molar-refractivity contribution < 1.29 is 14.3 Å². The van der Waals surface area contributed by atoms with Crippen LogP contribution in [0.4, 0.5) is 0 Å². The third kappa shape index (κ3) is 2.22. The molecule has 2 heterocycles. The second kappa shape index (κ2) is 4.36. The quantitative estimate of drug-likeness (QED) is 0.880. The van der Waals surface area contributed by atoms with Crippen LogP contribution in [0.5, 0.6) is 0 Å². The topological polar surface area (TPSA) is 76.2 Å². The Morgan fingerprint density at radius 1 is 1.56 bits per heavy atom. The molecule has 0 radical (unpaired) electrons. The van der Waals surface area contributed by atoms with Crippen LogP contribution >= 0.6 is 11.8 Å². The number of carboxylic acid groups (broad SMARTS) is 1. The van der Waals surface area contributed by atoms with E-state index in [1.165, 1.54) is 18.7 Å². The van der Waals surface area contributed by atoms with Crippen molar-refractivity contribution in [2.75, 3.05) is 0 Å². The van der Waals surface area contributed by atoms with E-state index in [9.17, 15) is 4.79 Å². The first-order valence-electron chi connectivity index (χ1n) is 4.44. The maximum absolute atomic E-state index is 10.9. The minimum atomic E-state index is -1.01. The maximum Gasteiger partial charge on any atom is 0.338 e. The SMILES string of the molecule is Cc1coc(Sc2ccncc2C(=O)O)n1. The number of pyridine rings is 1. The van der Waals surface area contributed by atoms with Crippen molar-refractivity contribution in [2.24, 2.45) is 0 Å². The van der Waals surface area contributed by atoms with E-state index >= 15 is 0 Å². The highest BCUT2D eigenvalue weighted by Gasteiger charge is 2.13. The predicted molar refractivity (Wildman–Crippen MR) is 56.6 cm³/mol. The summed E-state index contributed by atoms with van der Waals surface area (Å²) in [7, 11) is 0. The van der Waals surface area contributed by atoms with E-state index in [-0.39, 0.29) is 5.56 Å². The van der Waals surface area contributed by atoms with Crippen LogP contribution in [-0.4, -0.2) is 21.0 Å². The van der Waals surface area contributed by atoms with Gasteiger partial charge in [-0.3, -0.25) is 4.98 Å². The van der Waals surface area contributed by atoms with E-state index in [1.54, 1.807) is 13.0 Å². The van der Waals surface area contributed by atoms with Gasteiger partial charge in [0.1, 0.15) is 6.26 Å². The molecular weight excluding hydrogens is 228 g/mol. The molecule has 0 bridgehead atoms. The average Bonchev–Trinajstić information content (AvgIpc) is 2.64. The van der Waals surface area contributed by atoms with Crippen molar-refractivity contribution in [3.05, 3.63) is 36.0 Å². The molecule has 0 aliphatic carbocycles. The molecule has 2 aromatic heterocycles. The highest BCUT2D eigenvalue weighted by atomic mass is 32.2. The number of aromatic nitrogens is 2. The Kier molecular flexibility index (Phi) is 2.91. The summed E-state index contributed by atoms with van der Waals surface area (Å²) in [6.07, 6.45) is 4.36. The molecule has 0 aromatic carbocycles. The summed E-state index contributed by atoms with van der Waals surface area (Å²) in [5, 5.41) is 9.37. The van der Waals surface area contributed by atoms with Crippen LogP contribution in [-0.2, 0) is 0 Å². The number of carboxylic acids is 1. The summed E-state index contributed by atoms with van der Waals surface area (Å²) < 4.78 is 5.14. The van der Waals surface area contributed by atoms with E-state index in [1.807, 2.05) is 0 Å². The average molecular weight is 236 g/mol. The van der Waals surface area contributed by atoms with Crippen molar-refractivity contribution in [3.63, 3.8) is 0 Å². The summed E-state index contributed by atoms with van der Waals surface area (Å²) in [5.74, 6) is -1.01. The molecule has 0 unspecified atom stereocenters. The second-order valence-corrected chi connectivity index (χ2v) is 4.03. The first-order chi connectivity index (χ1) is 7.66. The molecule has 16 heavy (non-hydrogen) atoms. The van der Waals surface area contributed by atoms with Gasteiger partial charge in [0.15, 0.2) is 0 Å². The minimum Gasteiger partial charge on any atom is -0.478 e. The standard InChI is InChI=1S/C10H8N2O3S/c1-6-5-15-10(12-6)16-8-2-3-11-4-7(8)9(13)14/h2-5H,1H3,(H,13,14). The normalized spacial score (nSPS) is 10.3. The van der Waals surface area contributed by atoms with E-state index in [4.69, 9.17) is 9.52 Å². The van der Waals surface area contributed by atoms with Crippen molar-refractivity contribution >= 4 is 17.7 Å². The van der Waals surface area contributed by atoms with Crippen molar-refractivity contribution in [3.8, 4) is 0 Å². The molecular formula is C10H8N2O3S. The van der Waals surface area contributed by atoms with Crippen molar-refractivity contribution in [1.82, 2.24) is 9.97 Å². The van der Waals surface area contributed by atoms with E-state index in [0.717, 1.165) is 17.5 Å². The van der Waals surface area contributed by atoms with Gasteiger partial charge in [0.25, 0.3) is 5.22 Å². The monoisotopic (exact) mass is 236 g/mol. The molecule has 0 saturated heterocycles. The smallest absolute Gasteiger partial charge is 0.338 e. The van der Waals surface area contributed by atoms with Gasteiger partial charge in [-0.1, -0.05) is 0 Å². The molecule has 0 atom stereocenters. The van der Waals surface area contributed by atoms with Crippen LogP contribution in [0.2, 0.25) is 0 Å². The Labute approximate surface area is 95.5 Å². The minimum absolute atomic E-state index is 0.142. The number of oxazole rings is 1. The van der Waals surface area contributed by atoms with Gasteiger partial charge < -0.3 is 9.52 Å². The summed E-state index contributed by atoms with van der Waals surface area (Å²) in [6, 6.07) is 1.62. The zero-order valence-electron chi connectivity index (χ0n) is 8.38. The number of hydrogen-bond donors (Lipinski definition) is 1. The first kappa shape index (κ1) is 10.7. The Morgan fingerprint density at radius 3 is 3.00 bits per heavy atom. The lowest BCUT2D eigenvalue weighted by Crippen LogP contribution is -1.99. The number of nitrogens with zero attached hydrogens (tertiary/aromatic N) is 2. The summed E-state index contributed by atoms with van der Waals surface area (Å²) >= 11 is 1.16. The molecule has 82 valence electrons.